The predicted octanol–water partition coefficient (Wildman–Crippen LogP) is 4.21. The molecular formula is C17H20N2O. The lowest BCUT2D eigenvalue weighted by Crippen LogP contribution is -2.06. The lowest BCUT2D eigenvalue weighted by molar-refractivity contribution is 0.322. The molecule has 0 saturated carbocycles. The van der Waals surface area contributed by atoms with Crippen LogP contribution in [0.5, 0.6) is 0 Å². The highest BCUT2D eigenvalue weighted by Gasteiger charge is 2.17. The molecule has 104 valence electrons. The van der Waals surface area contributed by atoms with Crippen LogP contribution in [0.25, 0.3) is 0 Å². The van der Waals surface area contributed by atoms with E-state index in [1.54, 1.807) is 0 Å². The van der Waals surface area contributed by atoms with Crippen molar-refractivity contribution in [2.45, 2.75) is 32.1 Å². The quantitative estimate of drug-likeness (QED) is 0.484. The SMILES string of the molecule is CCCCC(c1ccccn1)c1ccccc1/C=N\O. The van der Waals surface area contributed by atoms with Gasteiger partial charge in [0.05, 0.1) is 6.21 Å². The lowest BCUT2D eigenvalue weighted by atomic mass is 9.87. The van der Waals surface area contributed by atoms with E-state index in [-0.39, 0.29) is 5.92 Å². The molecule has 1 atom stereocenters. The number of aromatic nitrogens is 1. The summed E-state index contributed by atoms with van der Waals surface area (Å²) in [5, 5.41) is 12.0. The summed E-state index contributed by atoms with van der Waals surface area (Å²) < 4.78 is 0. The van der Waals surface area contributed by atoms with E-state index in [4.69, 9.17) is 5.21 Å². The Balaban J connectivity index is 2.41. The van der Waals surface area contributed by atoms with Gasteiger partial charge in [0.1, 0.15) is 0 Å². The van der Waals surface area contributed by atoms with Gasteiger partial charge in [-0.25, -0.2) is 0 Å². The normalized spacial score (nSPS) is 12.7. The van der Waals surface area contributed by atoms with E-state index in [2.05, 4.69) is 29.2 Å². The third-order valence-corrected chi connectivity index (χ3v) is 3.46. The molecular weight excluding hydrogens is 248 g/mol. The Labute approximate surface area is 120 Å². The zero-order valence-corrected chi connectivity index (χ0v) is 11.7. The van der Waals surface area contributed by atoms with Crippen molar-refractivity contribution in [3.8, 4) is 0 Å². The summed E-state index contributed by atoms with van der Waals surface area (Å²) in [5.74, 6) is 0.241. The molecule has 0 aliphatic heterocycles. The average molecular weight is 268 g/mol. The van der Waals surface area contributed by atoms with E-state index in [0.717, 1.165) is 36.1 Å². The van der Waals surface area contributed by atoms with Gasteiger partial charge in [-0.1, -0.05) is 55.3 Å². The summed E-state index contributed by atoms with van der Waals surface area (Å²) in [6, 6.07) is 14.0. The van der Waals surface area contributed by atoms with E-state index in [1.165, 1.54) is 6.21 Å². The first-order valence-electron chi connectivity index (χ1n) is 7.04. The Morgan fingerprint density at radius 2 is 2.00 bits per heavy atom. The molecule has 1 unspecified atom stereocenters. The van der Waals surface area contributed by atoms with Gasteiger partial charge in [0, 0.05) is 17.8 Å². The molecule has 0 bridgehead atoms. The number of rotatable bonds is 6. The fraction of sp³-hybridized carbons (Fsp3) is 0.294. The van der Waals surface area contributed by atoms with Crippen LogP contribution in [0.15, 0.2) is 53.8 Å². The Hall–Kier alpha value is -2.16. The molecule has 0 spiro atoms. The first kappa shape index (κ1) is 14.3. The molecule has 0 aliphatic rings. The summed E-state index contributed by atoms with van der Waals surface area (Å²) >= 11 is 0. The summed E-state index contributed by atoms with van der Waals surface area (Å²) in [7, 11) is 0. The first-order chi connectivity index (χ1) is 9.86. The molecule has 1 N–H and O–H groups in total. The van der Waals surface area contributed by atoms with Crippen molar-refractivity contribution in [2.75, 3.05) is 0 Å². The standard InChI is InChI=1S/C17H20N2O/c1-2-3-9-16(17-11-6-7-12-18-17)15-10-5-4-8-14(15)13-19-20/h4-8,10-13,16,20H,2-3,9H2,1H3/b19-13-. The van der Waals surface area contributed by atoms with Crippen molar-refractivity contribution in [1.29, 1.82) is 0 Å². The third kappa shape index (κ3) is 3.44. The summed E-state index contributed by atoms with van der Waals surface area (Å²) in [6.45, 7) is 2.19. The molecule has 0 aliphatic carbocycles. The molecule has 0 saturated heterocycles. The number of hydrogen-bond acceptors (Lipinski definition) is 3. The molecule has 1 aromatic heterocycles. The van der Waals surface area contributed by atoms with Crippen LogP contribution in [-0.2, 0) is 0 Å². The summed E-state index contributed by atoms with van der Waals surface area (Å²) in [6.07, 6.45) is 6.67. The van der Waals surface area contributed by atoms with Crippen molar-refractivity contribution >= 4 is 6.21 Å². The Morgan fingerprint density at radius 1 is 1.20 bits per heavy atom. The van der Waals surface area contributed by atoms with Gasteiger partial charge in [0.2, 0.25) is 0 Å². The number of benzene rings is 1. The van der Waals surface area contributed by atoms with Gasteiger partial charge in [0.15, 0.2) is 0 Å². The highest BCUT2D eigenvalue weighted by Crippen LogP contribution is 2.30. The van der Waals surface area contributed by atoms with Gasteiger partial charge in [-0.15, -0.1) is 0 Å². The van der Waals surface area contributed by atoms with Crippen LogP contribution < -0.4 is 0 Å². The fourth-order valence-corrected chi connectivity index (χ4v) is 2.46. The van der Waals surface area contributed by atoms with Crippen LogP contribution in [0.4, 0.5) is 0 Å². The molecule has 1 aromatic carbocycles. The topological polar surface area (TPSA) is 45.5 Å². The first-order valence-corrected chi connectivity index (χ1v) is 7.04. The van der Waals surface area contributed by atoms with E-state index in [9.17, 15) is 0 Å². The molecule has 3 heteroatoms. The van der Waals surface area contributed by atoms with Crippen LogP contribution >= 0.6 is 0 Å². The molecule has 3 nitrogen and oxygen atoms in total. The van der Waals surface area contributed by atoms with Crippen molar-refractivity contribution in [1.82, 2.24) is 4.98 Å². The Kier molecular flexibility index (Phi) is 5.30. The summed E-state index contributed by atoms with van der Waals surface area (Å²) in [5.41, 5.74) is 3.18. The van der Waals surface area contributed by atoms with Gasteiger partial charge in [-0.3, -0.25) is 4.98 Å². The van der Waals surface area contributed by atoms with Gasteiger partial charge in [-0.2, -0.15) is 0 Å². The monoisotopic (exact) mass is 268 g/mol. The molecule has 0 fully saturated rings. The largest absolute Gasteiger partial charge is 0.411 e. The van der Waals surface area contributed by atoms with Gasteiger partial charge in [-0.05, 0) is 29.7 Å². The molecule has 0 amide bonds. The molecule has 2 aromatic rings. The minimum atomic E-state index is 0.241. The highest BCUT2D eigenvalue weighted by atomic mass is 16.4. The average Bonchev–Trinajstić information content (AvgIpc) is 2.50. The van der Waals surface area contributed by atoms with Crippen molar-refractivity contribution < 1.29 is 5.21 Å². The van der Waals surface area contributed by atoms with Gasteiger partial charge < -0.3 is 5.21 Å². The third-order valence-electron chi connectivity index (χ3n) is 3.46. The molecule has 1 heterocycles. The van der Waals surface area contributed by atoms with Crippen LogP contribution in [-0.4, -0.2) is 16.4 Å². The second kappa shape index (κ2) is 7.43. The smallest absolute Gasteiger partial charge is 0.0736 e. The molecule has 2 rings (SSSR count). The number of oxime groups is 1. The Morgan fingerprint density at radius 3 is 2.70 bits per heavy atom. The molecule has 20 heavy (non-hydrogen) atoms. The maximum Gasteiger partial charge on any atom is 0.0736 e. The minimum Gasteiger partial charge on any atom is -0.411 e. The fourth-order valence-electron chi connectivity index (χ4n) is 2.46. The zero-order chi connectivity index (χ0) is 14.2. The second-order valence-corrected chi connectivity index (χ2v) is 4.82. The van der Waals surface area contributed by atoms with Crippen LogP contribution in [0, 0.1) is 0 Å². The summed E-state index contributed by atoms with van der Waals surface area (Å²) in [4.78, 5) is 4.50. The number of nitrogens with zero attached hydrogens (tertiary/aromatic N) is 2. The van der Waals surface area contributed by atoms with Crippen LogP contribution in [0.1, 0.15) is 48.9 Å². The van der Waals surface area contributed by atoms with Crippen molar-refractivity contribution in [3.05, 3.63) is 65.5 Å². The lowest BCUT2D eigenvalue weighted by Gasteiger charge is -2.18. The maximum absolute atomic E-state index is 8.83. The maximum atomic E-state index is 8.83. The minimum absolute atomic E-state index is 0.241. The number of unbranched alkanes of at least 4 members (excludes halogenated alkanes) is 1. The Bertz CT molecular complexity index is 552. The van der Waals surface area contributed by atoms with Gasteiger partial charge >= 0.3 is 0 Å². The second-order valence-electron chi connectivity index (χ2n) is 4.82. The van der Waals surface area contributed by atoms with E-state index < -0.39 is 0 Å². The van der Waals surface area contributed by atoms with E-state index in [1.807, 2.05) is 36.5 Å². The highest BCUT2D eigenvalue weighted by molar-refractivity contribution is 5.81. The van der Waals surface area contributed by atoms with Crippen molar-refractivity contribution in [3.63, 3.8) is 0 Å². The number of hydrogen-bond donors (Lipinski definition) is 1. The van der Waals surface area contributed by atoms with Gasteiger partial charge in [0.25, 0.3) is 0 Å². The predicted molar refractivity (Wildman–Crippen MR) is 81.4 cm³/mol. The number of pyridine rings is 1. The van der Waals surface area contributed by atoms with Crippen molar-refractivity contribution in [2.24, 2.45) is 5.16 Å². The van der Waals surface area contributed by atoms with Crippen LogP contribution in [0.2, 0.25) is 0 Å². The van der Waals surface area contributed by atoms with E-state index >= 15 is 0 Å². The molecule has 0 radical (unpaired) electrons. The zero-order valence-electron chi connectivity index (χ0n) is 11.7. The van der Waals surface area contributed by atoms with E-state index in [0.29, 0.717) is 0 Å². The van der Waals surface area contributed by atoms with Crippen LogP contribution in [0.3, 0.4) is 0 Å².